The maximum absolute atomic E-state index is 12.1. The molecule has 2 aromatic rings. The van der Waals surface area contributed by atoms with E-state index in [1.54, 1.807) is 12.1 Å². The minimum absolute atomic E-state index is 0.129. The molecule has 0 spiro atoms. The molecule has 0 aliphatic heterocycles. The van der Waals surface area contributed by atoms with Crippen molar-refractivity contribution in [3.05, 3.63) is 40.7 Å². The van der Waals surface area contributed by atoms with Crippen LogP contribution in [-0.4, -0.2) is 28.7 Å². The zero-order valence-corrected chi connectivity index (χ0v) is 13.3. The van der Waals surface area contributed by atoms with E-state index in [1.165, 1.54) is 12.1 Å². The van der Waals surface area contributed by atoms with Gasteiger partial charge >= 0.3 is 5.97 Å². The van der Waals surface area contributed by atoms with Crippen LogP contribution in [0.3, 0.4) is 0 Å². The average Bonchev–Trinajstić information content (AvgIpc) is 2.96. The van der Waals surface area contributed by atoms with Gasteiger partial charge in [0, 0.05) is 17.7 Å². The number of rotatable bonds is 6. The van der Waals surface area contributed by atoms with E-state index in [-0.39, 0.29) is 22.4 Å². The summed E-state index contributed by atoms with van der Waals surface area (Å²) in [5, 5.41) is 15.1. The number of carboxylic acids is 1. The molecule has 1 aromatic carbocycles. The molecule has 1 amide bonds. The first kappa shape index (κ1) is 16.8. The highest BCUT2D eigenvalue weighted by Gasteiger charge is 2.15. The molecular weight excluding hydrogens is 324 g/mol. The number of ether oxygens (including phenoxy) is 1. The van der Waals surface area contributed by atoms with Crippen LogP contribution in [0.15, 0.2) is 28.8 Å². The highest BCUT2D eigenvalue weighted by molar-refractivity contribution is 6.32. The highest BCUT2D eigenvalue weighted by Crippen LogP contribution is 2.28. The predicted molar refractivity (Wildman–Crippen MR) is 83.1 cm³/mol. The molecule has 8 heteroatoms. The van der Waals surface area contributed by atoms with Crippen LogP contribution in [0, 0.1) is 0 Å². The molecule has 0 aliphatic rings. The Morgan fingerprint density at radius 3 is 2.70 bits per heavy atom. The molecule has 0 fully saturated rings. The van der Waals surface area contributed by atoms with Gasteiger partial charge in [-0.2, -0.15) is 0 Å². The number of hydrogen-bond acceptors (Lipinski definition) is 5. The lowest BCUT2D eigenvalue weighted by molar-refractivity contribution is -0.139. The Balaban J connectivity index is 2.05. The van der Waals surface area contributed by atoms with E-state index in [0.717, 1.165) is 0 Å². The fourth-order valence-electron chi connectivity index (χ4n) is 1.70. The topological polar surface area (TPSA) is 102 Å². The molecule has 0 bridgehead atoms. The highest BCUT2D eigenvalue weighted by atomic mass is 35.5. The summed E-state index contributed by atoms with van der Waals surface area (Å²) in [5.74, 6) is -0.577. The van der Waals surface area contributed by atoms with Crippen LogP contribution in [0.4, 0.5) is 5.69 Å². The van der Waals surface area contributed by atoms with Gasteiger partial charge in [0.15, 0.2) is 12.3 Å². The van der Waals surface area contributed by atoms with Gasteiger partial charge in [0.25, 0.3) is 5.91 Å². The molecule has 1 heterocycles. The number of hydrogen-bond donors (Lipinski definition) is 2. The number of carbonyl (C=O) groups excluding carboxylic acids is 1. The number of nitrogens with zero attached hydrogens (tertiary/aromatic N) is 1. The number of aromatic nitrogens is 1. The van der Waals surface area contributed by atoms with E-state index in [9.17, 15) is 9.59 Å². The number of carboxylic acid groups (broad SMARTS) is 1. The molecule has 0 unspecified atom stereocenters. The third-order valence-electron chi connectivity index (χ3n) is 2.87. The summed E-state index contributed by atoms with van der Waals surface area (Å²) in [7, 11) is 0. The molecule has 23 heavy (non-hydrogen) atoms. The van der Waals surface area contributed by atoms with Crippen LogP contribution in [0.2, 0.25) is 5.02 Å². The van der Waals surface area contributed by atoms with E-state index in [2.05, 4.69) is 10.5 Å². The molecular formula is C15H15ClN2O5. The minimum Gasteiger partial charge on any atom is -0.480 e. The first-order chi connectivity index (χ1) is 10.9. The van der Waals surface area contributed by atoms with Crippen molar-refractivity contribution in [2.24, 2.45) is 0 Å². The van der Waals surface area contributed by atoms with Crippen LogP contribution in [-0.2, 0) is 4.79 Å². The fourth-order valence-corrected chi connectivity index (χ4v) is 1.93. The number of aliphatic carboxylic acids is 1. The Kier molecular flexibility index (Phi) is 5.23. The van der Waals surface area contributed by atoms with Crippen LogP contribution in [0.5, 0.6) is 5.75 Å². The van der Waals surface area contributed by atoms with Crippen LogP contribution in [0.1, 0.15) is 36.0 Å². The summed E-state index contributed by atoms with van der Waals surface area (Å²) in [6.07, 6.45) is 0. The molecule has 0 atom stereocenters. The lowest BCUT2D eigenvalue weighted by atomic mass is 10.1. The van der Waals surface area contributed by atoms with E-state index < -0.39 is 18.5 Å². The van der Waals surface area contributed by atoms with Crippen molar-refractivity contribution >= 4 is 29.2 Å². The Morgan fingerprint density at radius 1 is 1.39 bits per heavy atom. The van der Waals surface area contributed by atoms with Crippen molar-refractivity contribution < 1.29 is 24.0 Å². The van der Waals surface area contributed by atoms with Gasteiger partial charge in [-0.05, 0) is 18.2 Å². The van der Waals surface area contributed by atoms with Gasteiger partial charge in [0.2, 0.25) is 0 Å². The summed E-state index contributed by atoms with van der Waals surface area (Å²) in [4.78, 5) is 22.5. The second-order valence-electron chi connectivity index (χ2n) is 5.05. The average molecular weight is 339 g/mol. The van der Waals surface area contributed by atoms with Gasteiger partial charge in [0.1, 0.15) is 11.5 Å². The fraction of sp³-hybridized carbons (Fsp3) is 0.267. The number of halogens is 1. The number of benzene rings is 1. The normalized spacial score (nSPS) is 10.6. The third-order valence-corrected chi connectivity index (χ3v) is 3.17. The minimum atomic E-state index is -1.11. The van der Waals surface area contributed by atoms with Gasteiger partial charge in [-0.3, -0.25) is 4.79 Å². The maximum atomic E-state index is 12.1. The molecule has 0 radical (unpaired) electrons. The number of amides is 1. The van der Waals surface area contributed by atoms with Crippen molar-refractivity contribution in [1.82, 2.24) is 5.16 Å². The Labute approximate surface area is 137 Å². The zero-order valence-electron chi connectivity index (χ0n) is 12.5. The third kappa shape index (κ3) is 4.46. The summed E-state index contributed by atoms with van der Waals surface area (Å²) < 4.78 is 10.1. The standard InChI is InChI=1S/C15H15ClN2O5/c1-8(2)13-6-11(18-23-13)15(21)17-9-3-4-12(10(16)5-9)22-7-14(19)20/h3-6,8H,7H2,1-2H3,(H,17,21)(H,19,20). The van der Waals surface area contributed by atoms with Crippen LogP contribution < -0.4 is 10.1 Å². The van der Waals surface area contributed by atoms with Gasteiger partial charge < -0.3 is 19.7 Å². The Bertz CT molecular complexity index is 726. The molecule has 1 aromatic heterocycles. The second kappa shape index (κ2) is 7.15. The van der Waals surface area contributed by atoms with Gasteiger partial charge in [0.05, 0.1) is 5.02 Å². The Hall–Kier alpha value is -2.54. The monoisotopic (exact) mass is 338 g/mol. The first-order valence-corrected chi connectivity index (χ1v) is 7.16. The number of carbonyl (C=O) groups is 2. The Morgan fingerprint density at radius 2 is 2.13 bits per heavy atom. The van der Waals surface area contributed by atoms with Gasteiger partial charge in [-0.15, -0.1) is 0 Å². The van der Waals surface area contributed by atoms with E-state index >= 15 is 0 Å². The van der Waals surface area contributed by atoms with Crippen molar-refractivity contribution in [3.8, 4) is 5.75 Å². The summed E-state index contributed by atoms with van der Waals surface area (Å²) >= 11 is 5.98. The largest absolute Gasteiger partial charge is 0.480 e. The van der Waals surface area contributed by atoms with Gasteiger partial charge in [-0.1, -0.05) is 30.6 Å². The second-order valence-corrected chi connectivity index (χ2v) is 5.46. The van der Waals surface area contributed by atoms with Crippen molar-refractivity contribution in [2.45, 2.75) is 19.8 Å². The quantitative estimate of drug-likeness (QED) is 0.838. The first-order valence-electron chi connectivity index (χ1n) is 6.79. The predicted octanol–water partition coefficient (Wildman–Crippen LogP) is 3.17. The smallest absolute Gasteiger partial charge is 0.341 e. The molecule has 0 aliphatic carbocycles. The van der Waals surface area contributed by atoms with Gasteiger partial charge in [-0.25, -0.2) is 4.79 Å². The molecule has 2 N–H and O–H groups in total. The molecule has 0 saturated heterocycles. The van der Waals surface area contributed by atoms with Crippen molar-refractivity contribution in [3.63, 3.8) is 0 Å². The molecule has 7 nitrogen and oxygen atoms in total. The molecule has 122 valence electrons. The lowest BCUT2D eigenvalue weighted by Crippen LogP contribution is -2.12. The lowest BCUT2D eigenvalue weighted by Gasteiger charge is -2.08. The SMILES string of the molecule is CC(C)c1cc(C(=O)Nc2ccc(OCC(=O)O)c(Cl)c2)no1. The summed E-state index contributed by atoms with van der Waals surface area (Å²) in [5.41, 5.74) is 0.591. The van der Waals surface area contributed by atoms with Crippen LogP contribution in [0.25, 0.3) is 0 Å². The van der Waals surface area contributed by atoms with E-state index in [4.69, 9.17) is 26.0 Å². The zero-order chi connectivity index (χ0) is 17.0. The van der Waals surface area contributed by atoms with E-state index in [0.29, 0.717) is 11.4 Å². The summed E-state index contributed by atoms with van der Waals surface area (Å²) in [6, 6.07) is 6.06. The maximum Gasteiger partial charge on any atom is 0.341 e. The van der Waals surface area contributed by atoms with Crippen LogP contribution >= 0.6 is 11.6 Å². The van der Waals surface area contributed by atoms with Crippen molar-refractivity contribution in [2.75, 3.05) is 11.9 Å². The van der Waals surface area contributed by atoms with Crippen molar-refractivity contribution in [1.29, 1.82) is 0 Å². The summed E-state index contributed by atoms with van der Waals surface area (Å²) in [6.45, 7) is 3.36. The molecule has 2 rings (SSSR count). The number of anilines is 1. The number of nitrogens with one attached hydrogen (secondary N) is 1. The van der Waals surface area contributed by atoms with E-state index in [1.807, 2.05) is 13.8 Å². The molecule has 0 saturated carbocycles.